The molecular weight excluding hydrogens is 344 g/mol. The summed E-state index contributed by atoms with van der Waals surface area (Å²) in [6.45, 7) is 4.64. The smallest absolute Gasteiger partial charge is 0.244 e. The number of rotatable bonds is 7. The molecule has 1 heterocycles. The Labute approximate surface area is 157 Å². The quantitative estimate of drug-likeness (QED) is 0.497. The second-order valence-electron chi connectivity index (χ2n) is 6.18. The Hall–Kier alpha value is -3.35. The molecule has 3 aromatic rings. The number of phenolic OH excluding ortho intramolecular Hbond substituents is 1. The molecule has 27 heavy (non-hydrogen) atoms. The summed E-state index contributed by atoms with van der Waals surface area (Å²) in [4.78, 5) is 16.6. The Morgan fingerprint density at radius 2 is 2.19 bits per heavy atom. The summed E-state index contributed by atoms with van der Waals surface area (Å²) in [7, 11) is 0. The highest BCUT2D eigenvalue weighted by molar-refractivity contribution is 5.84. The van der Waals surface area contributed by atoms with Crippen LogP contribution in [0.3, 0.4) is 0 Å². The SMILES string of the molecule is CCOc1cc(/C=N\NC(=O)[C@@H](C)Cn2cnc3ccccc32)ccc1O. The zero-order chi connectivity index (χ0) is 19.2. The number of para-hydroxylation sites is 2. The van der Waals surface area contributed by atoms with Crippen molar-refractivity contribution in [3.05, 3.63) is 54.4 Å². The van der Waals surface area contributed by atoms with Crippen LogP contribution in [-0.2, 0) is 11.3 Å². The molecule has 0 aliphatic carbocycles. The molecule has 0 unspecified atom stereocenters. The van der Waals surface area contributed by atoms with E-state index in [9.17, 15) is 9.90 Å². The second kappa shape index (κ2) is 8.35. The number of benzene rings is 2. The van der Waals surface area contributed by atoms with E-state index in [1.54, 1.807) is 18.5 Å². The topological polar surface area (TPSA) is 88.7 Å². The number of nitrogens with one attached hydrogen (secondary N) is 1. The summed E-state index contributed by atoms with van der Waals surface area (Å²) in [5.74, 6) is -0.0150. The molecule has 0 aliphatic rings. The molecule has 2 aromatic carbocycles. The lowest BCUT2D eigenvalue weighted by molar-refractivity contribution is -0.124. The van der Waals surface area contributed by atoms with Gasteiger partial charge in [0.1, 0.15) is 0 Å². The van der Waals surface area contributed by atoms with Gasteiger partial charge < -0.3 is 14.4 Å². The molecule has 3 rings (SSSR count). The fourth-order valence-electron chi connectivity index (χ4n) is 2.70. The number of carbonyl (C=O) groups is 1. The molecule has 0 radical (unpaired) electrons. The van der Waals surface area contributed by atoms with Crippen LogP contribution >= 0.6 is 0 Å². The van der Waals surface area contributed by atoms with Gasteiger partial charge in [-0.05, 0) is 42.8 Å². The Balaban J connectivity index is 1.60. The van der Waals surface area contributed by atoms with E-state index in [1.165, 1.54) is 12.3 Å². The van der Waals surface area contributed by atoms with Crippen molar-refractivity contribution in [1.29, 1.82) is 0 Å². The van der Waals surface area contributed by atoms with Gasteiger partial charge in [-0.15, -0.1) is 0 Å². The van der Waals surface area contributed by atoms with Gasteiger partial charge in [-0.2, -0.15) is 5.10 Å². The predicted molar refractivity (Wildman–Crippen MR) is 104 cm³/mol. The van der Waals surface area contributed by atoms with Crippen molar-refractivity contribution in [2.24, 2.45) is 11.0 Å². The fourth-order valence-corrected chi connectivity index (χ4v) is 2.70. The lowest BCUT2D eigenvalue weighted by Gasteiger charge is -2.11. The number of carbonyl (C=O) groups excluding carboxylic acids is 1. The molecule has 0 fully saturated rings. The van der Waals surface area contributed by atoms with Crippen LogP contribution in [0.4, 0.5) is 0 Å². The van der Waals surface area contributed by atoms with E-state index in [4.69, 9.17) is 4.74 Å². The molecule has 2 N–H and O–H groups in total. The van der Waals surface area contributed by atoms with E-state index in [0.717, 1.165) is 11.0 Å². The third-order valence-corrected chi connectivity index (χ3v) is 4.12. The Kier molecular flexibility index (Phi) is 5.71. The number of aromatic hydroxyl groups is 1. The maximum absolute atomic E-state index is 12.3. The summed E-state index contributed by atoms with van der Waals surface area (Å²) in [5.41, 5.74) is 5.16. The largest absolute Gasteiger partial charge is 0.504 e. The van der Waals surface area contributed by atoms with E-state index in [1.807, 2.05) is 42.7 Å². The minimum atomic E-state index is -0.279. The van der Waals surface area contributed by atoms with Crippen molar-refractivity contribution in [2.75, 3.05) is 6.61 Å². The van der Waals surface area contributed by atoms with Crippen molar-refractivity contribution in [3.63, 3.8) is 0 Å². The number of nitrogens with zero attached hydrogens (tertiary/aromatic N) is 3. The lowest BCUT2D eigenvalue weighted by atomic mass is 10.1. The predicted octanol–water partition coefficient (Wildman–Crippen LogP) is 2.93. The highest BCUT2D eigenvalue weighted by atomic mass is 16.5. The highest BCUT2D eigenvalue weighted by Gasteiger charge is 2.14. The number of hydrogen-bond acceptors (Lipinski definition) is 5. The first-order valence-corrected chi connectivity index (χ1v) is 8.77. The third kappa shape index (κ3) is 4.44. The summed E-state index contributed by atoms with van der Waals surface area (Å²) < 4.78 is 7.29. The van der Waals surface area contributed by atoms with Gasteiger partial charge in [-0.25, -0.2) is 10.4 Å². The normalized spacial score (nSPS) is 12.4. The number of hydrogen-bond donors (Lipinski definition) is 2. The van der Waals surface area contributed by atoms with E-state index in [0.29, 0.717) is 24.5 Å². The summed E-state index contributed by atoms with van der Waals surface area (Å²) in [6, 6.07) is 12.7. The highest BCUT2D eigenvalue weighted by Crippen LogP contribution is 2.26. The average Bonchev–Trinajstić information content (AvgIpc) is 3.07. The van der Waals surface area contributed by atoms with Crippen LogP contribution in [0.2, 0.25) is 0 Å². The first-order chi connectivity index (χ1) is 13.1. The van der Waals surface area contributed by atoms with Gasteiger partial charge in [0.15, 0.2) is 11.5 Å². The minimum absolute atomic E-state index is 0.0687. The van der Waals surface area contributed by atoms with Crippen molar-refractivity contribution in [3.8, 4) is 11.5 Å². The zero-order valence-electron chi connectivity index (χ0n) is 15.3. The first-order valence-electron chi connectivity index (χ1n) is 8.77. The molecule has 7 nitrogen and oxygen atoms in total. The minimum Gasteiger partial charge on any atom is -0.504 e. The van der Waals surface area contributed by atoms with Gasteiger partial charge in [-0.3, -0.25) is 4.79 Å². The first kappa shape index (κ1) is 18.4. The summed E-state index contributed by atoms with van der Waals surface area (Å²) >= 11 is 0. The summed E-state index contributed by atoms with van der Waals surface area (Å²) in [6.07, 6.45) is 3.25. The van der Waals surface area contributed by atoms with E-state index in [-0.39, 0.29) is 17.6 Å². The molecule has 1 amide bonds. The van der Waals surface area contributed by atoms with Crippen LogP contribution in [0.25, 0.3) is 11.0 Å². The second-order valence-corrected chi connectivity index (χ2v) is 6.18. The average molecular weight is 366 g/mol. The number of hydrazone groups is 1. The molecule has 1 aromatic heterocycles. The number of fused-ring (bicyclic) bond motifs is 1. The zero-order valence-corrected chi connectivity index (χ0v) is 15.3. The van der Waals surface area contributed by atoms with Crippen molar-refractivity contribution in [2.45, 2.75) is 20.4 Å². The van der Waals surface area contributed by atoms with Crippen molar-refractivity contribution < 1.29 is 14.6 Å². The Morgan fingerprint density at radius 3 is 3.00 bits per heavy atom. The van der Waals surface area contributed by atoms with Crippen LogP contribution in [0.15, 0.2) is 53.9 Å². The maximum atomic E-state index is 12.3. The van der Waals surface area contributed by atoms with Gasteiger partial charge >= 0.3 is 0 Å². The van der Waals surface area contributed by atoms with Gasteiger partial charge in [0.05, 0.1) is 36.1 Å². The van der Waals surface area contributed by atoms with Crippen LogP contribution in [0.1, 0.15) is 19.4 Å². The van der Waals surface area contributed by atoms with Crippen LogP contribution in [-0.4, -0.2) is 33.4 Å². The monoisotopic (exact) mass is 366 g/mol. The molecule has 0 aliphatic heterocycles. The van der Waals surface area contributed by atoms with E-state index >= 15 is 0 Å². The Bertz CT molecular complexity index is 965. The van der Waals surface area contributed by atoms with E-state index < -0.39 is 0 Å². The van der Waals surface area contributed by atoms with Gasteiger partial charge in [0, 0.05) is 6.54 Å². The van der Waals surface area contributed by atoms with Crippen LogP contribution in [0, 0.1) is 5.92 Å². The summed E-state index contributed by atoms with van der Waals surface area (Å²) in [5, 5.41) is 13.7. The van der Waals surface area contributed by atoms with Gasteiger partial charge in [-0.1, -0.05) is 19.1 Å². The molecule has 140 valence electrons. The number of amides is 1. The third-order valence-electron chi connectivity index (χ3n) is 4.12. The lowest BCUT2D eigenvalue weighted by Crippen LogP contribution is -2.27. The van der Waals surface area contributed by atoms with E-state index in [2.05, 4.69) is 15.5 Å². The fraction of sp³-hybridized carbons (Fsp3) is 0.250. The molecular formula is C20H22N4O3. The molecule has 1 atom stereocenters. The molecule has 0 spiro atoms. The van der Waals surface area contributed by atoms with Gasteiger partial charge in [0.25, 0.3) is 0 Å². The van der Waals surface area contributed by atoms with Crippen molar-refractivity contribution >= 4 is 23.2 Å². The number of aromatic nitrogens is 2. The number of ether oxygens (including phenoxy) is 1. The Morgan fingerprint density at radius 1 is 1.37 bits per heavy atom. The molecule has 7 heteroatoms. The molecule has 0 saturated heterocycles. The maximum Gasteiger partial charge on any atom is 0.244 e. The number of phenols is 1. The number of imidazole rings is 1. The molecule has 0 bridgehead atoms. The van der Waals surface area contributed by atoms with Crippen LogP contribution < -0.4 is 10.2 Å². The molecule has 0 saturated carbocycles. The van der Waals surface area contributed by atoms with Crippen molar-refractivity contribution in [1.82, 2.24) is 15.0 Å². The standard InChI is InChI=1S/C20H22N4O3/c1-3-27-19-10-15(8-9-18(19)25)11-22-23-20(26)14(2)12-24-13-21-16-6-4-5-7-17(16)24/h4-11,13-14,25H,3,12H2,1-2H3,(H,23,26)/b22-11-/t14-/m0/s1. The van der Waals surface area contributed by atoms with Gasteiger partial charge in [0.2, 0.25) is 5.91 Å². The van der Waals surface area contributed by atoms with Crippen LogP contribution in [0.5, 0.6) is 11.5 Å².